The zero-order valence-corrected chi connectivity index (χ0v) is 14.4. The summed E-state index contributed by atoms with van der Waals surface area (Å²) in [6.45, 7) is 9.94. The summed E-state index contributed by atoms with van der Waals surface area (Å²) in [6, 6.07) is 2.16. The van der Waals surface area contributed by atoms with Crippen molar-refractivity contribution < 1.29 is 39.4 Å². The second kappa shape index (κ2) is 7.06. The fourth-order valence-corrected chi connectivity index (χ4v) is 1.41. The molecule has 0 aliphatic carbocycles. The highest BCUT2D eigenvalue weighted by Gasteiger charge is 2.23. The van der Waals surface area contributed by atoms with Crippen LogP contribution in [0.2, 0.25) is 0 Å². The van der Waals surface area contributed by atoms with Gasteiger partial charge in [-0.2, -0.15) is 9.78 Å². The zero-order valence-electron chi connectivity index (χ0n) is 14.4. The van der Waals surface area contributed by atoms with Crippen LogP contribution < -0.4 is 20.0 Å². The Morgan fingerprint density at radius 3 is 1.75 bits per heavy atom. The minimum atomic E-state index is -1.72. The first-order chi connectivity index (χ1) is 10.8. The summed E-state index contributed by atoms with van der Waals surface area (Å²) >= 11 is 0. The molecule has 1 rings (SSSR count). The highest BCUT2D eigenvalue weighted by molar-refractivity contribution is 5.99. The molecule has 0 N–H and O–H groups in total. The van der Waals surface area contributed by atoms with Gasteiger partial charge in [-0.3, -0.25) is 0 Å². The maximum absolute atomic E-state index is 11.5. The highest BCUT2D eigenvalue weighted by Crippen LogP contribution is 2.33. The maximum Gasteiger partial charge on any atom is 0.187 e. The van der Waals surface area contributed by atoms with Gasteiger partial charge in [0.1, 0.15) is 11.2 Å². The Bertz CT molecular complexity index is 622. The van der Waals surface area contributed by atoms with Crippen LogP contribution in [-0.2, 0) is 9.78 Å². The monoisotopic (exact) mass is 340 g/mol. The van der Waals surface area contributed by atoms with E-state index in [9.17, 15) is 19.8 Å². The van der Waals surface area contributed by atoms with Gasteiger partial charge in [-0.15, -0.1) is 0 Å². The van der Waals surface area contributed by atoms with E-state index in [-0.39, 0.29) is 5.75 Å². The fraction of sp³-hybridized carbons (Fsp3) is 0.500. The molecule has 8 heteroatoms. The van der Waals surface area contributed by atoms with Crippen LogP contribution in [0.1, 0.15) is 62.3 Å². The SMILES string of the molecule is CC(C)(C)OOc1ccc(C(=O)[O-])c(OOC(C)(C)C)c1C(=O)[O-]. The number of carbonyl (C=O) groups excluding carboxylic acids is 2. The van der Waals surface area contributed by atoms with Crippen molar-refractivity contribution in [2.24, 2.45) is 0 Å². The van der Waals surface area contributed by atoms with Crippen LogP contribution in [0.5, 0.6) is 11.5 Å². The Morgan fingerprint density at radius 2 is 1.33 bits per heavy atom. The van der Waals surface area contributed by atoms with Gasteiger partial charge in [-0.1, -0.05) is 0 Å². The van der Waals surface area contributed by atoms with Crippen molar-refractivity contribution in [2.75, 3.05) is 0 Å². The van der Waals surface area contributed by atoms with Crippen molar-refractivity contribution in [3.8, 4) is 11.5 Å². The first kappa shape index (κ1) is 19.7. The molecule has 134 valence electrons. The lowest BCUT2D eigenvalue weighted by atomic mass is 10.1. The van der Waals surface area contributed by atoms with Gasteiger partial charge in [0.25, 0.3) is 0 Å². The van der Waals surface area contributed by atoms with Crippen molar-refractivity contribution in [1.82, 2.24) is 0 Å². The summed E-state index contributed by atoms with van der Waals surface area (Å²) < 4.78 is 0. The lowest BCUT2D eigenvalue weighted by Gasteiger charge is -2.24. The molecule has 0 fully saturated rings. The molecule has 8 nitrogen and oxygen atoms in total. The second-order valence-electron chi connectivity index (χ2n) is 6.95. The van der Waals surface area contributed by atoms with Crippen molar-refractivity contribution in [3.63, 3.8) is 0 Å². The quantitative estimate of drug-likeness (QED) is 0.547. The van der Waals surface area contributed by atoms with Crippen molar-refractivity contribution >= 4 is 11.9 Å². The minimum absolute atomic E-state index is 0.289. The van der Waals surface area contributed by atoms with E-state index < -0.39 is 40.0 Å². The number of hydrogen-bond acceptors (Lipinski definition) is 8. The summed E-state index contributed by atoms with van der Waals surface area (Å²) in [6.07, 6.45) is 0. The van der Waals surface area contributed by atoms with Gasteiger partial charge in [0, 0.05) is 5.56 Å². The first-order valence-corrected chi connectivity index (χ1v) is 7.13. The number of carbonyl (C=O) groups is 2. The summed E-state index contributed by atoms with van der Waals surface area (Å²) in [5.41, 5.74) is -2.75. The van der Waals surface area contributed by atoms with Gasteiger partial charge in [-0.05, 0) is 53.7 Å². The standard InChI is InChI=1S/C16H22O8/c1-15(2,3)23-21-10-8-7-9(13(17)18)12(11(10)14(19)20)22-24-16(4,5)6/h7-8H,1-6H3,(H,17,18)(H,19,20)/p-2. The highest BCUT2D eigenvalue weighted by atomic mass is 17.2. The first-order valence-electron chi connectivity index (χ1n) is 7.13. The summed E-state index contributed by atoms with van der Waals surface area (Å²) in [7, 11) is 0. The van der Waals surface area contributed by atoms with Crippen LogP contribution in [0.15, 0.2) is 12.1 Å². The fourth-order valence-electron chi connectivity index (χ4n) is 1.41. The largest absolute Gasteiger partial charge is 0.545 e. The number of carboxylic acids is 2. The van der Waals surface area contributed by atoms with Crippen molar-refractivity contribution in [2.45, 2.75) is 52.7 Å². The van der Waals surface area contributed by atoms with E-state index in [0.717, 1.165) is 12.1 Å². The minimum Gasteiger partial charge on any atom is -0.545 e. The molecule has 0 radical (unpaired) electrons. The van der Waals surface area contributed by atoms with E-state index >= 15 is 0 Å². The molecule has 0 heterocycles. The predicted octanol–water partition coefficient (Wildman–Crippen LogP) is 0.631. The van der Waals surface area contributed by atoms with E-state index in [1.165, 1.54) is 0 Å². The van der Waals surface area contributed by atoms with E-state index in [1.807, 2.05) is 0 Å². The summed E-state index contributed by atoms with van der Waals surface area (Å²) in [4.78, 5) is 42.7. The molecule has 0 aliphatic rings. The van der Waals surface area contributed by atoms with Gasteiger partial charge in [0.05, 0.1) is 17.5 Å². The van der Waals surface area contributed by atoms with Gasteiger partial charge < -0.3 is 29.6 Å². The van der Waals surface area contributed by atoms with E-state index in [1.54, 1.807) is 41.5 Å². The molecule has 0 spiro atoms. The van der Waals surface area contributed by atoms with Crippen LogP contribution in [-0.4, -0.2) is 23.1 Å². The number of benzene rings is 1. The van der Waals surface area contributed by atoms with Crippen LogP contribution >= 0.6 is 0 Å². The molecule has 0 unspecified atom stereocenters. The normalized spacial score (nSPS) is 11.9. The van der Waals surface area contributed by atoms with E-state index in [2.05, 4.69) is 0 Å². The topological polar surface area (TPSA) is 117 Å². The third-order valence-electron chi connectivity index (χ3n) is 2.30. The lowest BCUT2D eigenvalue weighted by molar-refractivity contribution is -0.285. The number of hydrogen-bond donors (Lipinski definition) is 0. The average Bonchev–Trinajstić information content (AvgIpc) is 2.39. The van der Waals surface area contributed by atoms with Gasteiger partial charge in [0.2, 0.25) is 0 Å². The number of carboxylic acid groups (broad SMARTS) is 2. The molecule has 1 aromatic rings. The van der Waals surface area contributed by atoms with Crippen LogP contribution in [0, 0.1) is 0 Å². The third kappa shape index (κ3) is 5.71. The summed E-state index contributed by atoms with van der Waals surface area (Å²) in [5.74, 6) is -4.26. The van der Waals surface area contributed by atoms with Crippen LogP contribution in [0.3, 0.4) is 0 Å². The van der Waals surface area contributed by atoms with Crippen LogP contribution in [0.4, 0.5) is 0 Å². The Morgan fingerprint density at radius 1 is 0.833 bits per heavy atom. The molecule has 0 saturated heterocycles. The molecular weight excluding hydrogens is 320 g/mol. The average molecular weight is 340 g/mol. The van der Waals surface area contributed by atoms with Crippen molar-refractivity contribution in [1.29, 1.82) is 0 Å². The lowest BCUT2D eigenvalue weighted by Crippen LogP contribution is -2.30. The maximum atomic E-state index is 11.5. The number of rotatable bonds is 6. The molecular formula is C16H20O8-2. The predicted molar refractivity (Wildman–Crippen MR) is 78.0 cm³/mol. The smallest absolute Gasteiger partial charge is 0.187 e. The molecule has 0 aliphatic heterocycles. The Balaban J connectivity index is 3.37. The summed E-state index contributed by atoms with van der Waals surface area (Å²) in [5, 5.41) is 22.7. The van der Waals surface area contributed by atoms with E-state index in [4.69, 9.17) is 19.6 Å². The van der Waals surface area contributed by atoms with Crippen LogP contribution in [0.25, 0.3) is 0 Å². The second-order valence-corrected chi connectivity index (χ2v) is 6.95. The Kier molecular flexibility index (Phi) is 5.80. The molecule has 0 bridgehead atoms. The van der Waals surface area contributed by atoms with Gasteiger partial charge in [0.15, 0.2) is 11.5 Å². The molecule has 1 aromatic carbocycles. The molecule has 24 heavy (non-hydrogen) atoms. The number of aromatic carboxylic acids is 2. The molecule has 0 atom stereocenters. The zero-order chi connectivity index (χ0) is 18.7. The Labute approximate surface area is 139 Å². The molecule has 0 amide bonds. The van der Waals surface area contributed by atoms with Gasteiger partial charge in [-0.25, -0.2) is 0 Å². The van der Waals surface area contributed by atoms with Gasteiger partial charge >= 0.3 is 0 Å². The molecule has 0 aromatic heterocycles. The molecule has 0 saturated carbocycles. The van der Waals surface area contributed by atoms with Crippen molar-refractivity contribution in [3.05, 3.63) is 23.3 Å². The third-order valence-corrected chi connectivity index (χ3v) is 2.30. The Hall–Kier alpha value is -2.32. The van der Waals surface area contributed by atoms with E-state index in [0.29, 0.717) is 0 Å².